The van der Waals surface area contributed by atoms with Gasteiger partial charge in [0.25, 0.3) is 5.69 Å². The number of non-ortho nitro benzene ring substituents is 1. The molecule has 0 spiro atoms. The highest BCUT2D eigenvalue weighted by molar-refractivity contribution is 5.90. The molecule has 33 heavy (non-hydrogen) atoms. The number of benzene rings is 2. The number of fused-ring (bicyclic) bond motifs is 2. The van der Waals surface area contributed by atoms with E-state index in [4.69, 9.17) is 19.6 Å². The van der Waals surface area contributed by atoms with E-state index in [1.165, 1.54) is 31.4 Å². The average molecular weight is 443 g/mol. The number of hydrogen-bond acceptors (Lipinski definition) is 9. The molecule has 164 valence electrons. The Bertz CT molecular complexity index is 1260. The van der Waals surface area contributed by atoms with Crippen LogP contribution in [0.3, 0.4) is 0 Å². The summed E-state index contributed by atoms with van der Waals surface area (Å²) in [6, 6.07) is 17.8. The van der Waals surface area contributed by atoms with Crippen LogP contribution in [-0.2, 0) is 9.47 Å². The van der Waals surface area contributed by atoms with E-state index in [9.17, 15) is 25.9 Å². The molecule has 2 saturated heterocycles. The summed E-state index contributed by atoms with van der Waals surface area (Å²) in [5, 5.41) is 50.6. The van der Waals surface area contributed by atoms with Crippen molar-refractivity contribution in [2.75, 3.05) is 7.11 Å². The third-order valence-electron chi connectivity index (χ3n) is 6.37. The topological polar surface area (TPSA) is 166 Å². The summed E-state index contributed by atoms with van der Waals surface area (Å²) < 4.78 is 17.2. The summed E-state index contributed by atoms with van der Waals surface area (Å²) in [5.74, 6) is -2.53. The second-order valence-corrected chi connectivity index (χ2v) is 7.95. The molecule has 10 heteroatoms. The fourth-order valence-corrected chi connectivity index (χ4v) is 4.85. The van der Waals surface area contributed by atoms with Gasteiger partial charge >= 0.3 is 0 Å². The van der Waals surface area contributed by atoms with Gasteiger partial charge < -0.3 is 14.2 Å². The number of nitrogens with one attached hydrogen (secondary N) is 1. The largest absolute Gasteiger partial charge is 0.497 e. The van der Waals surface area contributed by atoms with Crippen LogP contribution in [0.2, 0.25) is 0 Å². The second-order valence-electron chi connectivity index (χ2n) is 7.95. The van der Waals surface area contributed by atoms with Crippen molar-refractivity contribution in [3.8, 4) is 24.0 Å². The minimum atomic E-state index is -2.18. The molecule has 2 aromatic carbocycles. The Hall–Kier alpha value is -4.46. The van der Waals surface area contributed by atoms with Crippen LogP contribution in [0.4, 0.5) is 5.69 Å². The number of nitrogens with zero attached hydrogens (tertiary/aromatic N) is 4. The first-order valence-corrected chi connectivity index (χ1v) is 9.81. The van der Waals surface area contributed by atoms with E-state index in [0.29, 0.717) is 11.3 Å². The average Bonchev–Trinajstić information content (AvgIpc) is 3.01. The van der Waals surface area contributed by atoms with Crippen LogP contribution in [-0.4, -0.2) is 23.7 Å². The number of nitro groups is 1. The SMILES string of the molecule is COc1ccc(C2C3(C)OC(=N)C2(C#N)C(C#N)(C#N)C(c2ccc([N+](=O)[O-])cc2)O3)cc1. The molecule has 2 aromatic rings. The number of nitro benzene ring substituents is 1. The van der Waals surface area contributed by atoms with Crippen LogP contribution in [0.25, 0.3) is 0 Å². The zero-order valence-corrected chi connectivity index (χ0v) is 17.6. The Morgan fingerprint density at radius 3 is 2.09 bits per heavy atom. The highest BCUT2D eigenvalue weighted by Gasteiger charge is 2.79. The molecule has 2 bridgehead atoms. The molecular weight excluding hydrogens is 426 g/mol. The number of methoxy groups -OCH3 is 1. The van der Waals surface area contributed by atoms with Gasteiger partial charge in [-0.1, -0.05) is 12.1 Å². The fourth-order valence-electron chi connectivity index (χ4n) is 4.85. The summed E-state index contributed by atoms with van der Waals surface area (Å²) in [4.78, 5) is 10.5. The van der Waals surface area contributed by atoms with E-state index in [2.05, 4.69) is 6.07 Å². The molecule has 4 rings (SSSR count). The maximum absolute atomic E-state index is 11.0. The first kappa shape index (κ1) is 21.8. The molecule has 2 heterocycles. The molecule has 1 N–H and O–H groups in total. The Morgan fingerprint density at radius 1 is 1.03 bits per heavy atom. The third-order valence-corrected chi connectivity index (χ3v) is 6.37. The third kappa shape index (κ3) is 2.70. The van der Waals surface area contributed by atoms with Crippen LogP contribution in [0, 0.1) is 60.3 Å². The molecule has 2 fully saturated rings. The van der Waals surface area contributed by atoms with Crippen molar-refractivity contribution in [2.45, 2.75) is 24.7 Å². The molecule has 4 atom stereocenters. The minimum absolute atomic E-state index is 0.182. The molecule has 0 radical (unpaired) electrons. The number of nitriles is 3. The zero-order valence-electron chi connectivity index (χ0n) is 17.6. The fraction of sp³-hybridized carbons (Fsp3) is 0.304. The molecule has 10 nitrogen and oxygen atoms in total. The lowest BCUT2D eigenvalue weighted by Gasteiger charge is -2.48. The predicted octanol–water partition coefficient (Wildman–Crippen LogP) is 3.73. The molecule has 0 saturated carbocycles. The van der Waals surface area contributed by atoms with Crippen molar-refractivity contribution < 1.29 is 19.1 Å². The van der Waals surface area contributed by atoms with Crippen molar-refractivity contribution >= 4 is 11.6 Å². The Morgan fingerprint density at radius 2 is 1.61 bits per heavy atom. The molecule has 2 aliphatic heterocycles. The van der Waals surface area contributed by atoms with Crippen molar-refractivity contribution in [1.82, 2.24) is 0 Å². The number of hydrogen-bond donors (Lipinski definition) is 1. The van der Waals surface area contributed by atoms with E-state index < -0.39 is 39.5 Å². The summed E-state index contributed by atoms with van der Waals surface area (Å²) in [5.41, 5.74) is -3.57. The smallest absolute Gasteiger partial charge is 0.269 e. The lowest BCUT2D eigenvalue weighted by atomic mass is 9.52. The molecule has 2 aliphatic rings. The Kier molecular flexibility index (Phi) is 4.82. The van der Waals surface area contributed by atoms with Crippen molar-refractivity contribution in [3.63, 3.8) is 0 Å². The van der Waals surface area contributed by atoms with E-state index >= 15 is 0 Å². The van der Waals surface area contributed by atoms with Crippen molar-refractivity contribution in [2.24, 2.45) is 10.8 Å². The van der Waals surface area contributed by atoms with E-state index in [1.54, 1.807) is 31.2 Å². The second kappa shape index (κ2) is 7.30. The van der Waals surface area contributed by atoms with E-state index in [-0.39, 0.29) is 11.3 Å². The van der Waals surface area contributed by atoms with Crippen LogP contribution in [0.5, 0.6) is 5.75 Å². The standard InChI is InChI=1S/C23H17N5O5/c1-21-18(14-5-9-17(31-2)10-6-14)23(13-26,20(27)33-21)22(11-24,12-25)19(32-21)15-3-7-16(8-4-15)28(29)30/h3-10,18-19,27H,1-2H3. The summed E-state index contributed by atoms with van der Waals surface area (Å²) >= 11 is 0. The lowest BCUT2D eigenvalue weighted by molar-refractivity contribution is -0.384. The van der Waals surface area contributed by atoms with Crippen molar-refractivity contribution in [1.29, 1.82) is 21.2 Å². The van der Waals surface area contributed by atoms with E-state index in [1.807, 2.05) is 12.1 Å². The van der Waals surface area contributed by atoms with Gasteiger partial charge in [0, 0.05) is 19.1 Å². The molecular formula is C23H17N5O5. The normalized spacial score (nSPS) is 29.1. The highest BCUT2D eigenvalue weighted by Crippen LogP contribution is 2.69. The number of rotatable bonds is 4. The molecule has 0 amide bonds. The summed E-state index contributed by atoms with van der Waals surface area (Å²) in [6.45, 7) is 1.55. The Labute approximate surface area is 188 Å². The first-order valence-electron chi connectivity index (χ1n) is 9.81. The predicted molar refractivity (Wildman–Crippen MR) is 112 cm³/mol. The molecule has 0 aromatic heterocycles. The highest BCUT2D eigenvalue weighted by atomic mass is 16.7. The summed E-state index contributed by atoms with van der Waals surface area (Å²) in [7, 11) is 1.50. The minimum Gasteiger partial charge on any atom is -0.497 e. The maximum Gasteiger partial charge on any atom is 0.269 e. The number of ether oxygens (including phenoxy) is 3. The van der Waals surface area contributed by atoms with Crippen molar-refractivity contribution in [3.05, 3.63) is 69.8 Å². The first-order chi connectivity index (χ1) is 15.7. The van der Waals surface area contributed by atoms with E-state index in [0.717, 1.165) is 0 Å². The van der Waals surface area contributed by atoms with Gasteiger partial charge in [0.2, 0.25) is 17.1 Å². The van der Waals surface area contributed by atoms with Gasteiger partial charge in [-0.3, -0.25) is 15.5 Å². The van der Waals surface area contributed by atoms with Crippen LogP contribution < -0.4 is 4.74 Å². The van der Waals surface area contributed by atoms with Gasteiger partial charge in [-0.05, 0) is 35.4 Å². The zero-order chi connectivity index (χ0) is 24.0. The van der Waals surface area contributed by atoms with Gasteiger partial charge in [-0.2, -0.15) is 15.8 Å². The van der Waals surface area contributed by atoms with Crippen LogP contribution >= 0.6 is 0 Å². The quantitative estimate of drug-likeness (QED) is 0.551. The van der Waals surface area contributed by atoms with Gasteiger partial charge in [0.05, 0.1) is 36.2 Å². The molecule has 0 aliphatic carbocycles. The van der Waals surface area contributed by atoms with Gasteiger partial charge in [-0.15, -0.1) is 0 Å². The van der Waals surface area contributed by atoms with Gasteiger partial charge in [0.15, 0.2) is 5.41 Å². The summed E-state index contributed by atoms with van der Waals surface area (Å²) in [6.07, 6.45) is -1.31. The van der Waals surface area contributed by atoms with Crippen LogP contribution in [0.15, 0.2) is 48.5 Å². The molecule has 4 unspecified atom stereocenters. The lowest BCUT2D eigenvalue weighted by Crippen LogP contribution is -2.57. The van der Waals surface area contributed by atoms with Crippen LogP contribution in [0.1, 0.15) is 30.1 Å². The van der Waals surface area contributed by atoms with Gasteiger partial charge in [-0.25, -0.2) is 0 Å². The van der Waals surface area contributed by atoms with Gasteiger partial charge in [0.1, 0.15) is 11.9 Å². The maximum atomic E-state index is 11.0. The monoisotopic (exact) mass is 443 g/mol. The Balaban J connectivity index is 1.96.